The molecule has 0 saturated heterocycles. The van der Waals surface area contributed by atoms with Gasteiger partial charge in [-0.15, -0.1) is 0 Å². The van der Waals surface area contributed by atoms with Crippen LogP contribution >= 0.6 is 0 Å². The van der Waals surface area contributed by atoms with Gasteiger partial charge in [-0.05, 0) is 19.3 Å². The fourth-order valence-corrected chi connectivity index (χ4v) is 1.53. The Kier molecular flexibility index (Phi) is 2.02. The summed E-state index contributed by atoms with van der Waals surface area (Å²) in [7, 11) is 0. The zero-order chi connectivity index (χ0) is 8.39. The molecule has 1 saturated carbocycles. The number of anilines is 1. The SMILES string of the molecule is CC(CC1CC1)Nc1cn[nH]c1. The van der Waals surface area contributed by atoms with Crippen LogP contribution in [0.4, 0.5) is 5.69 Å². The maximum atomic E-state index is 3.88. The van der Waals surface area contributed by atoms with Gasteiger partial charge in [0.25, 0.3) is 0 Å². The minimum atomic E-state index is 0.579. The third-order valence-electron chi connectivity index (χ3n) is 2.30. The topological polar surface area (TPSA) is 40.7 Å². The van der Waals surface area contributed by atoms with Gasteiger partial charge >= 0.3 is 0 Å². The molecule has 1 heterocycles. The van der Waals surface area contributed by atoms with E-state index >= 15 is 0 Å². The van der Waals surface area contributed by atoms with Crippen LogP contribution in [0.15, 0.2) is 12.4 Å². The van der Waals surface area contributed by atoms with Crippen molar-refractivity contribution in [2.24, 2.45) is 5.92 Å². The lowest BCUT2D eigenvalue weighted by molar-refractivity contribution is 0.642. The maximum absolute atomic E-state index is 3.88. The highest BCUT2D eigenvalue weighted by atomic mass is 15.1. The lowest BCUT2D eigenvalue weighted by atomic mass is 10.1. The summed E-state index contributed by atoms with van der Waals surface area (Å²) in [6.45, 7) is 2.23. The van der Waals surface area contributed by atoms with Crippen LogP contribution in [0, 0.1) is 5.92 Å². The Labute approximate surface area is 72.6 Å². The predicted molar refractivity (Wildman–Crippen MR) is 49.0 cm³/mol. The van der Waals surface area contributed by atoms with E-state index in [1.54, 1.807) is 0 Å². The van der Waals surface area contributed by atoms with Gasteiger partial charge in [-0.2, -0.15) is 5.10 Å². The Morgan fingerprint density at radius 1 is 1.75 bits per heavy atom. The molecule has 0 bridgehead atoms. The highest BCUT2D eigenvalue weighted by Crippen LogP contribution is 2.33. The summed E-state index contributed by atoms with van der Waals surface area (Å²) in [5.74, 6) is 0.986. The van der Waals surface area contributed by atoms with Crippen molar-refractivity contribution >= 4 is 5.69 Å². The fourth-order valence-electron chi connectivity index (χ4n) is 1.53. The van der Waals surface area contributed by atoms with E-state index in [9.17, 15) is 0 Å². The van der Waals surface area contributed by atoms with Crippen molar-refractivity contribution < 1.29 is 0 Å². The number of hydrogen-bond acceptors (Lipinski definition) is 2. The lowest BCUT2D eigenvalue weighted by Gasteiger charge is -2.12. The molecule has 0 aliphatic heterocycles. The predicted octanol–water partition coefficient (Wildman–Crippen LogP) is 2.01. The number of aromatic amines is 1. The standard InChI is InChI=1S/C9H15N3/c1-7(4-8-2-3-8)12-9-5-10-11-6-9/h5-8,12H,2-4H2,1H3,(H,10,11). The van der Waals surface area contributed by atoms with Crippen molar-refractivity contribution in [1.29, 1.82) is 0 Å². The minimum Gasteiger partial charge on any atom is -0.380 e. The molecule has 0 spiro atoms. The van der Waals surface area contributed by atoms with Crippen molar-refractivity contribution in [2.45, 2.75) is 32.2 Å². The largest absolute Gasteiger partial charge is 0.380 e. The molecule has 1 atom stereocenters. The van der Waals surface area contributed by atoms with E-state index in [2.05, 4.69) is 22.4 Å². The van der Waals surface area contributed by atoms with Gasteiger partial charge in [-0.1, -0.05) is 12.8 Å². The van der Waals surface area contributed by atoms with E-state index in [-0.39, 0.29) is 0 Å². The van der Waals surface area contributed by atoms with Crippen LogP contribution in [0.1, 0.15) is 26.2 Å². The van der Waals surface area contributed by atoms with Crippen LogP contribution in [0.3, 0.4) is 0 Å². The van der Waals surface area contributed by atoms with Gasteiger partial charge in [0.1, 0.15) is 0 Å². The number of H-pyrrole nitrogens is 1. The summed E-state index contributed by atoms with van der Waals surface area (Å²) in [6.07, 6.45) is 7.87. The van der Waals surface area contributed by atoms with Crippen molar-refractivity contribution in [3.8, 4) is 0 Å². The second kappa shape index (κ2) is 3.17. The fraction of sp³-hybridized carbons (Fsp3) is 0.667. The highest BCUT2D eigenvalue weighted by molar-refractivity contribution is 5.38. The summed E-state index contributed by atoms with van der Waals surface area (Å²) < 4.78 is 0. The molecule has 1 fully saturated rings. The number of rotatable bonds is 4. The molecule has 1 unspecified atom stereocenters. The third-order valence-corrected chi connectivity index (χ3v) is 2.30. The number of nitrogens with one attached hydrogen (secondary N) is 2. The molecule has 1 aliphatic rings. The molecule has 66 valence electrons. The van der Waals surface area contributed by atoms with E-state index in [4.69, 9.17) is 0 Å². The third kappa shape index (κ3) is 2.00. The zero-order valence-electron chi connectivity index (χ0n) is 7.38. The number of nitrogens with zero attached hydrogens (tertiary/aromatic N) is 1. The molecule has 2 rings (SSSR count). The maximum Gasteiger partial charge on any atom is 0.0725 e. The van der Waals surface area contributed by atoms with Gasteiger partial charge < -0.3 is 5.32 Å². The van der Waals surface area contributed by atoms with E-state index in [1.807, 2.05) is 12.4 Å². The molecule has 0 aromatic carbocycles. The highest BCUT2D eigenvalue weighted by Gasteiger charge is 2.23. The Balaban J connectivity index is 1.77. The normalized spacial score (nSPS) is 19.1. The molecule has 1 aliphatic carbocycles. The smallest absolute Gasteiger partial charge is 0.0725 e. The van der Waals surface area contributed by atoms with Gasteiger partial charge in [0.2, 0.25) is 0 Å². The molecule has 0 amide bonds. The summed E-state index contributed by atoms with van der Waals surface area (Å²) in [4.78, 5) is 0. The van der Waals surface area contributed by atoms with E-state index in [0.29, 0.717) is 6.04 Å². The summed E-state index contributed by atoms with van der Waals surface area (Å²) >= 11 is 0. The van der Waals surface area contributed by atoms with Gasteiger partial charge in [0.05, 0.1) is 11.9 Å². The first-order valence-electron chi connectivity index (χ1n) is 4.60. The molecule has 12 heavy (non-hydrogen) atoms. The molecule has 1 aromatic heterocycles. The Bertz CT molecular complexity index is 226. The average Bonchev–Trinajstić information content (AvgIpc) is 2.66. The molecule has 2 N–H and O–H groups in total. The average molecular weight is 165 g/mol. The first kappa shape index (κ1) is 7.65. The molecule has 3 heteroatoms. The molecular weight excluding hydrogens is 150 g/mol. The molecule has 3 nitrogen and oxygen atoms in total. The van der Waals surface area contributed by atoms with Crippen LogP contribution in [-0.4, -0.2) is 16.2 Å². The Hall–Kier alpha value is -0.990. The molecule has 0 radical (unpaired) electrons. The first-order chi connectivity index (χ1) is 5.84. The summed E-state index contributed by atoms with van der Waals surface area (Å²) in [6, 6.07) is 0.579. The van der Waals surface area contributed by atoms with Gasteiger partial charge in [-0.25, -0.2) is 0 Å². The van der Waals surface area contributed by atoms with Crippen LogP contribution in [0.25, 0.3) is 0 Å². The Morgan fingerprint density at radius 2 is 2.58 bits per heavy atom. The van der Waals surface area contributed by atoms with Crippen molar-refractivity contribution in [3.05, 3.63) is 12.4 Å². The first-order valence-corrected chi connectivity index (χ1v) is 4.60. The summed E-state index contributed by atoms with van der Waals surface area (Å²) in [5.41, 5.74) is 1.10. The second-order valence-electron chi connectivity index (χ2n) is 3.71. The van der Waals surface area contributed by atoms with Crippen LogP contribution in [0.5, 0.6) is 0 Å². The van der Waals surface area contributed by atoms with E-state index < -0.39 is 0 Å². The number of aromatic nitrogens is 2. The zero-order valence-corrected chi connectivity index (χ0v) is 7.38. The van der Waals surface area contributed by atoms with E-state index in [0.717, 1.165) is 11.6 Å². The van der Waals surface area contributed by atoms with Gasteiger partial charge in [0.15, 0.2) is 0 Å². The van der Waals surface area contributed by atoms with Crippen LogP contribution in [-0.2, 0) is 0 Å². The summed E-state index contributed by atoms with van der Waals surface area (Å²) in [5, 5.41) is 10.1. The van der Waals surface area contributed by atoms with Gasteiger partial charge in [0, 0.05) is 12.2 Å². The minimum absolute atomic E-state index is 0.579. The number of hydrogen-bond donors (Lipinski definition) is 2. The molecule has 1 aromatic rings. The lowest BCUT2D eigenvalue weighted by Crippen LogP contribution is -2.15. The van der Waals surface area contributed by atoms with E-state index in [1.165, 1.54) is 19.3 Å². The van der Waals surface area contributed by atoms with Crippen molar-refractivity contribution in [3.63, 3.8) is 0 Å². The molecular formula is C9H15N3. The van der Waals surface area contributed by atoms with Gasteiger partial charge in [-0.3, -0.25) is 5.10 Å². The second-order valence-corrected chi connectivity index (χ2v) is 3.71. The van der Waals surface area contributed by atoms with Crippen LogP contribution < -0.4 is 5.32 Å². The van der Waals surface area contributed by atoms with Crippen molar-refractivity contribution in [2.75, 3.05) is 5.32 Å². The van der Waals surface area contributed by atoms with Crippen molar-refractivity contribution in [1.82, 2.24) is 10.2 Å². The Morgan fingerprint density at radius 3 is 3.17 bits per heavy atom. The monoisotopic (exact) mass is 165 g/mol. The quantitative estimate of drug-likeness (QED) is 0.716. The van der Waals surface area contributed by atoms with Crippen LogP contribution in [0.2, 0.25) is 0 Å².